The highest BCUT2D eigenvalue weighted by Crippen LogP contribution is 2.33. The van der Waals surface area contributed by atoms with Crippen molar-refractivity contribution in [2.24, 2.45) is 0 Å². The zero-order valence-corrected chi connectivity index (χ0v) is 8.12. The number of rotatable bonds is 2. The molecule has 0 radical (unpaired) electrons. The van der Waals surface area contributed by atoms with Crippen molar-refractivity contribution in [2.75, 3.05) is 6.67 Å². The second kappa shape index (κ2) is 4.09. The summed E-state index contributed by atoms with van der Waals surface area (Å²) in [7, 11) is 0. The van der Waals surface area contributed by atoms with Crippen LogP contribution in [0.3, 0.4) is 0 Å². The number of hydrogen-bond donors (Lipinski definition) is 1. The Morgan fingerprint density at radius 1 is 1.43 bits per heavy atom. The Kier molecular flexibility index (Phi) is 2.82. The lowest BCUT2D eigenvalue weighted by Gasteiger charge is -2.27. The monoisotopic (exact) mass is 194 g/mol. The molecule has 1 aliphatic carbocycles. The summed E-state index contributed by atoms with van der Waals surface area (Å²) in [6.07, 6.45) is 2.20. The molecule has 0 saturated carbocycles. The zero-order valence-electron chi connectivity index (χ0n) is 8.12. The number of fused-ring (bicyclic) bond motifs is 1. The molecule has 76 valence electrons. The van der Waals surface area contributed by atoms with Crippen LogP contribution in [0.1, 0.15) is 29.9 Å². The molecule has 0 saturated heterocycles. The normalized spacial score (nSPS) is 22.9. The predicted molar refractivity (Wildman–Crippen MR) is 54.1 cm³/mol. The molecule has 1 N–H and O–H groups in total. The Labute approximate surface area is 83.6 Å². The maximum absolute atomic E-state index is 12.4. The van der Waals surface area contributed by atoms with Crippen LogP contribution in [0, 0.1) is 0 Å². The molecule has 1 nitrogen and oxygen atoms in total. The van der Waals surface area contributed by atoms with E-state index in [2.05, 4.69) is 6.07 Å². The Morgan fingerprint density at radius 2 is 2.21 bits per heavy atom. The van der Waals surface area contributed by atoms with Gasteiger partial charge in [-0.3, -0.25) is 0 Å². The van der Waals surface area contributed by atoms with Gasteiger partial charge in [0.1, 0.15) is 6.67 Å². The fourth-order valence-corrected chi connectivity index (χ4v) is 2.30. The molecule has 0 aliphatic heterocycles. The summed E-state index contributed by atoms with van der Waals surface area (Å²) in [6.45, 7) is -0.640. The highest BCUT2D eigenvalue weighted by atomic mass is 19.1. The summed E-state index contributed by atoms with van der Waals surface area (Å²) in [5, 5.41) is 9.55. The number of aliphatic hydroxyl groups is 1. The van der Waals surface area contributed by atoms with Crippen molar-refractivity contribution in [1.29, 1.82) is 0 Å². The third-order valence-corrected chi connectivity index (χ3v) is 3.04. The maximum Gasteiger partial charge on any atom is 0.116 e. The van der Waals surface area contributed by atoms with Gasteiger partial charge in [0.15, 0.2) is 0 Å². The maximum atomic E-state index is 12.4. The van der Waals surface area contributed by atoms with Crippen LogP contribution in [0.4, 0.5) is 4.39 Å². The third kappa shape index (κ3) is 1.67. The van der Waals surface area contributed by atoms with Gasteiger partial charge in [-0.15, -0.1) is 0 Å². The van der Waals surface area contributed by atoms with Crippen LogP contribution in [-0.4, -0.2) is 17.9 Å². The van der Waals surface area contributed by atoms with Crippen LogP contribution in [0.25, 0.3) is 0 Å². The minimum absolute atomic E-state index is 0.00458. The van der Waals surface area contributed by atoms with Crippen molar-refractivity contribution in [1.82, 2.24) is 0 Å². The van der Waals surface area contributed by atoms with E-state index < -0.39 is 12.8 Å². The van der Waals surface area contributed by atoms with Gasteiger partial charge in [-0.2, -0.15) is 0 Å². The van der Waals surface area contributed by atoms with Gasteiger partial charge in [-0.1, -0.05) is 24.3 Å². The molecule has 0 spiro atoms. The molecular formula is C12H15FO. The van der Waals surface area contributed by atoms with Crippen LogP contribution >= 0.6 is 0 Å². The third-order valence-electron chi connectivity index (χ3n) is 3.04. The molecule has 0 fully saturated rings. The van der Waals surface area contributed by atoms with E-state index in [1.165, 1.54) is 5.56 Å². The quantitative estimate of drug-likeness (QED) is 0.766. The minimum Gasteiger partial charge on any atom is -0.390 e. The van der Waals surface area contributed by atoms with Crippen molar-refractivity contribution < 1.29 is 9.50 Å². The summed E-state index contributed by atoms with van der Waals surface area (Å²) in [4.78, 5) is 0. The van der Waals surface area contributed by atoms with Crippen molar-refractivity contribution >= 4 is 0 Å². The average molecular weight is 194 g/mol. The highest BCUT2D eigenvalue weighted by Gasteiger charge is 2.25. The van der Waals surface area contributed by atoms with Crippen molar-refractivity contribution in [3.63, 3.8) is 0 Å². The van der Waals surface area contributed by atoms with Crippen molar-refractivity contribution in [3.8, 4) is 0 Å². The smallest absolute Gasteiger partial charge is 0.116 e. The van der Waals surface area contributed by atoms with E-state index in [0.29, 0.717) is 0 Å². The topological polar surface area (TPSA) is 20.2 Å². The summed E-state index contributed by atoms with van der Waals surface area (Å²) in [6, 6.07) is 8.05. The van der Waals surface area contributed by atoms with Gasteiger partial charge in [0.2, 0.25) is 0 Å². The Bertz CT molecular complexity index is 311. The van der Waals surface area contributed by atoms with E-state index in [-0.39, 0.29) is 5.92 Å². The lowest BCUT2D eigenvalue weighted by atomic mass is 9.80. The summed E-state index contributed by atoms with van der Waals surface area (Å²) < 4.78 is 12.4. The molecule has 1 aromatic rings. The first-order chi connectivity index (χ1) is 6.83. The van der Waals surface area contributed by atoms with E-state index in [9.17, 15) is 9.50 Å². The van der Waals surface area contributed by atoms with E-state index in [4.69, 9.17) is 0 Å². The molecule has 0 bridgehead atoms. The molecule has 1 aromatic carbocycles. The summed E-state index contributed by atoms with van der Waals surface area (Å²) in [5.74, 6) is 0.00458. The molecule has 2 heteroatoms. The molecule has 2 atom stereocenters. The van der Waals surface area contributed by atoms with E-state index in [1.807, 2.05) is 18.2 Å². The van der Waals surface area contributed by atoms with Crippen LogP contribution in [0.15, 0.2) is 24.3 Å². The predicted octanol–water partition coefficient (Wildman–Crippen LogP) is 2.44. The van der Waals surface area contributed by atoms with Gasteiger partial charge >= 0.3 is 0 Å². The van der Waals surface area contributed by atoms with Crippen LogP contribution < -0.4 is 0 Å². The van der Waals surface area contributed by atoms with Gasteiger partial charge in [0.25, 0.3) is 0 Å². The molecule has 2 unspecified atom stereocenters. The minimum atomic E-state index is -0.823. The van der Waals surface area contributed by atoms with Crippen molar-refractivity contribution in [2.45, 2.75) is 31.3 Å². The summed E-state index contributed by atoms with van der Waals surface area (Å²) in [5.41, 5.74) is 2.42. The molecule has 1 aliphatic rings. The van der Waals surface area contributed by atoms with Crippen molar-refractivity contribution in [3.05, 3.63) is 35.4 Å². The number of alkyl halides is 1. The standard InChI is InChI=1S/C12H15FO/c13-8-12(14)11-7-3-5-9-4-1-2-6-10(9)11/h1-2,4,6,11-12,14H,3,5,7-8H2. The van der Waals surface area contributed by atoms with E-state index >= 15 is 0 Å². The number of aryl methyl sites for hydroxylation is 1. The van der Waals surface area contributed by atoms with Crippen LogP contribution in [0.2, 0.25) is 0 Å². The lowest BCUT2D eigenvalue weighted by molar-refractivity contribution is 0.105. The first kappa shape index (κ1) is 9.66. The Morgan fingerprint density at radius 3 is 3.00 bits per heavy atom. The number of aliphatic hydroxyl groups excluding tert-OH is 1. The largest absolute Gasteiger partial charge is 0.390 e. The van der Waals surface area contributed by atoms with Gasteiger partial charge in [-0.25, -0.2) is 4.39 Å². The second-order valence-corrected chi connectivity index (χ2v) is 3.92. The fraction of sp³-hybridized carbons (Fsp3) is 0.500. The zero-order chi connectivity index (χ0) is 9.97. The molecule has 14 heavy (non-hydrogen) atoms. The fourth-order valence-electron chi connectivity index (χ4n) is 2.30. The van der Waals surface area contributed by atoms with Crippen LogP contribution in [-0.2, 0) is 6.42 Å². The molecular weight excluding hydrogens is 179 g/mol. The van der Waals surface area contributed by atoms with E-state index in [0.717, 1.165) is 24.8 Å². The van der Waals surface area contributed by atoms with Gasteiger partial charge < -0.3 is 5.11 Å². The molecule has 2 rings (SSSR count). The molecule has 0 aromatic heterocycles. The molecule has 0 amide bonds. The summed E-state index contributed by atoms with van der Waals surface area (Å²) >= 11 is 0. The highest BCUT2D eigenvalue weighted by molar-refractivity contribution is 5.33. The van der Waals surface area contributed by atoms with Gasteiger partial charge in [0, 0.05) is 5.92 Å². The lowest BCUT2D eigenvalue weighted by Crippen LogP contribution is -2.24. The number of halogens is 1. The van der Waals surface area contributed by atoms with Gasteiger partial charge in [0.05, 0.1) is 6.10 Å². The SMILES string of the molecule is OC(CF)C1CCCc2ccccc21. The first-order valence-corrected chi connectivity index (χ1v) is 5.14. The Hall–Kier alpha value is -0.890. The van der Waals surface area contributed by atoms with Crippen LogP contribution in [0.5, 0.6) is 0 Å². The average Bonchev–Trinajstić information content (AvgIpc) is 2.27. The van der Waals surface area contributed by atoms with Gasteiger partial charge in [-0.05, 0) is 30.4 Å². The molecule has 0 heterocycles. The second-order valence-electron chi connectivity index (χ2n) is 3.92. The first-order valence-electron chi connectivity index (χ1n) is 5.14. The number of hydrogen-bond acceptors (Lipinski definition) is 1. The van der Waals surface area contributed by atoms with E-state index in [1.54, 1.807) is 0 Å². The number of benzene rings is 1. The Balaban J connectivity index is 2.30.